The van der Waals surface area contributed by atoms with E-state index in [1.165, 1.54) is 62.2 Å². The number of carbonyl (C=O) groups excluding carboxylic acids is 1. The van der Waals surface area contributed by atoms with Crippen LogP contribution in [0, 0.1) is 0 Å². The number of carbonyl (C=O) groups is 1. The van der Waals surface area contributed by atoms with E-state index in [0.29, 0.717) is 18.7 Å². The molecule has 0 atom stereocenters. The standard InChI is InChI=1S/C22H29N3O3S/c1-2-24-29(27,28)21-12-10-20(11-13-21)22(26)23-16-18-6-8-19(9-7-18)17-25-14-4-3-5-15-25/h6-13,24H,2-5,14-17H2,1H3,(H,23,26)/p+1. The first-order valence-electron chi connectivity index (χ1n) is 10.3. The average Bonchev–Trinajstić information content (AvgIpc) is 2.74. The predicted octanol–water partition coefficient (Wildman–Crippen LogP) is 1.48. The molecule has 1 heterocycles. The number of sulfonamides is 1. The Kier molecular flexibility index (Phi) is 7.41. The molecular formula is C22H30N3O3S+. The maximum atomic E-state index is 12.4. The van der Waals surface area contributed by atoms with Gasteiger partial charge in [0.2, 0.25) is 10.0 Å². The van der Waals surface area contributed by atoms with Gasteiger partial charge in [-0.1, -0.05) is 31.2 Å². The van der Waals surface area contributed by atoms with E-state index in [1.54, 1.807) is 11.8 Å². The molecule has 0 unspecified atom stereocenters. The summed E-state index contributed by atoms with van der Waals surface area (Å²) in [5, 5.41) is 2.89. The van der Waals surface area contributed by atoms with E-state index in [9.17, 15) is 13.2 Å². The van der Waals surface area contributed by atoms with Crippen molar-refractivity contribution < 1.29 is 18.1 Å². The van der Waals surface area contributed by atoms with Crippen molar-refractivity contribution >= 4 is 15.9 Å². The number of amides is 1. The topological polar surface area (TPSA) is 79.7 Å². The highest BCUT2D eigenvalue weighted by molar-refractivity contribution is 7.89. The van der Waals surface area contributed by atoms with Gasteiger partial charge in [0, 0.05) is 24.2 Å². The minimum atomic E-state index is -3.51. The highest BCUT2D eigenvalue weighted by Gasteiger charge is 2.15. The number of benzene rings is 2. The third-order valence-corrected chi connectivity index (χ3v) is 6.81. The molecule has 0 spiro atoms. The van der Waals surface area contributed by atoms with E-state index in [-0.39, 0.29) is 10.8 Å². The first kappa shape index (κ1) is 21.5. The van der Waals surface area contributed by atoms with E-state index in [0.717, 1.165) is 12.1 Å². The number of piperidine rings is 1. The monoisotopic (exact) mass is 416 g/mol. The van der Waals surface area contributed by atoms with Crippen molar-refractivity contribution in [1.29, 1.82) is 0 Å². The Balaban J connectivity index is 1.52. The van der Waals surface area contributed by atoms with E-state index < -0.39 is 10.0 Å². The highest BCUT2D eigenvalue weighted by atomic mass is 32.2. The molecule has 3 N–H and O–H groups in total. The lowest BCUT2D eigenvalue weighted by Crippen LogP contribution is -3.11. The first-order valence-corrected chi connectivity index (χ1v) is 11.8. The maximum Gasteiger partial charge on any atom is 0.251 e. The summed E-state index contributed by atoms with van der Waals surface area (Å²) < 4.78 is 26.4. The fourth-order valence-corrected chi connectivity index (χ4v) is 4.68. The van der Waals surface area contributed by atoms with Crippen LogP contribution in [0.3, 0.4) is 0 Å². The van der Waals surface area contributed by atoms with Crippen molar-refractivity contribution in [2.75, 3.05) is 19.6 Å². The van der Waals surface area contributed by atoms with Crippen molar-refractivity contribution in [3.05, 3.63) is 65.2 Å². The molecule has 0 radical (unpaired) electrons. The van der Waals surface area contributed by atoms with Gasteiger partial charge < -0.3 is 10.2 Å². The van der Waals surface area contributed by atoms with Crippen LogP contribution in [0.4, 0.5) is 0 Å². The van der Waals surface area contributed by atoms with Crippen LogP contribution in [0.1, 0.15) is 47.7 Å². The zero-order valence-electron chi connectivity index (χ0n) is 16.9. The summed E-state index contributed by atoms with van der Waals surface area (Å²) in [6.07, 6.45) is 4.00. The molecule has 0 saturated carbocycles. The Morgan fingerprint density at radius 1 is 0.931 bits per heavy atom. The van der Waals surface area contributed by atoms with Crippen LogP contribution < -0.4 is 14.9 Å². The van der Waals surface area contributed by atoms with Gasteiger partial charge in [0.1, 0.15) is 6.54 Å². The van der Waals surface area contributed by atoms with Crippen molar-refractivity contribution in [1.82, 2.24) is 10.0 Å². The average molecular weight is 417 g/mol. The summed E-state index contributed by atoms with van der Waals surface area (Å²) in [5.74, 6) is -0.223. The second kappa shape index (κ2) is 10.0. The van der Waals surface area contributed by atoms with E-state index >= 15 is 0 Å². The second-order valence-electron chi connectivity index (χ2n) is 7.51. The minimum absolute atomic E-state index is 0.155. The fourth-order valence-electron chi connectivity index (χ4n) is 3.64. The summed E-state index contributed by atoms with van der Waals surface area (Å²) in [5.41, 5.74) is 2.81. The van der Waals surface area contributed by atoms with Gasteiger partial charge in [0.15, 0.2) is 0 Å². The molecule has 2 aromatic rings. The lowest BCUT2D eigenvalue weighted by molar-refractivity contribution is -0.918. The Morgan fingerprint density at radius 3 is 2.17 bits per heavy atom. The van der Waals surface area contributed by atoms with Crippen LogP contribution in [0.2, 0.25) is 0 Å². The van der Waals surface area contributed by atoms with Crippen LogP contribution >= 0.6 is 0 Å². The molecule has 1 amide bonds. The third-order valence-electron chi connectivity index (χ3n) is 5.25. The summed E-state index contributed by atoms with van der Waals surface area (Å²) in [6.45, 7) is 6.06. The van der Waals surface area contributed by atoms with Gasteiger partial charge in [-0.05, 0) is 49.1 Å². The molecule has 7 heteroatoms. The zero-order valence-corrected chi connectivity index (χ0v) is 17.7. The lowest BCUT2D eigenvalue weighted by atomic mass is 10.1. The van der Waals surface area contributed by atoms with Gasteiger partial charge in [-0.3, -0.25) is 4.79 Å². The van der Waals surface area contributed by atoms with Crippen LogP contribution in [0.5, 0.6) is 0 Å². The number of rotatable bonds is 8. The number of quaternary nitrogens is 1. The molecule has 1 fully saturated rings. The molecule has 1 aliphatic rings. The maximum absolute atomic E-state index is 12.4. The Hall–Kier alpha value is -2.22. The SMILES string of the molecule is CCNS(=O)(=O)c1ccc(C(=O)NCc2ccc(C[NH+]3CCCCC3)cc2)cc1. The van der Waals surface area contributed by atoms with Crippen LogP contribution in [0.15, 0.2) is 53.4 Å². The molecule has 156 valence electrons. The van der Waals surface area contributed by atoms with Crippen LogP contribution in [0.25, 0.3) is 0 Å². The third kappa shape index (κ3) is 6.13. The summed E-state index contributed by atoms with van der Waals surface area (Å²) >= 11 is 0. The molecule has 2 aromatic carbocycles. The molecule has 0 aromatic heterocycles. The quantitative estimate of drug-likeness (QED) is 0.610. The number of nitrogens with one attached hydrogen (secondary N) is 3. The summed E-state index contributed by atoms with van der Waals surface area (Å²) in [6, 6.07) is 14.4. The van der Waals surface area contributed by atoms with Gasteiger partial charge in [-0.25, -0.2) is 13.1 Å². The van der Waals surface area contributed by atoms with Crippen molar-refractivity contribution in [3.8, 4) is 0 Å². The van der Waals surface area contributed by atoms with E-state index in [2.05, 4.69) is 34.3 Å². The van der Waals surface area contributed by atoms with Crippen molar-refractivity contribution in [2.24, 2.45) is 0 Å². The molecule has 0 bridgehead atoms. The molecule has 3 rings (SSSR count). The first-order chi connectivity index (χ1) is 14.0. The van der Waals surface area contributed by atoms with Crippen LogP contribution in [-0.4, -0.2) is 34.0 Å². The van der Waals surface area contributed by atoms with Crippen molar-refractivity contribution in [2.45, 2.75) is 44.2 Å². The highest BCUT2D eigenvalue weighted by Crippen LogP contribution is 2.11. The van der Waals surface area contributed by atoms with Gasteiger partial charge in [-0.2, -0.15) is 0 Å². The van der Waals surface area contributed by atoms with Crippen molar-refractivity contribution in [3.63, 3.8) is 0 Å². The second-order valence-corrected chi connectivity index (χ2v) is 9.28. The Labute approximate surface area is 173 Å². The summed E-state index contributed by atoms with van der Waals surface area (Å²) in [4.78, 5) is 14.2. The number of hydrogen-bond acceptors (Lipinski definition) is 3. The van der Waals surface area contributed by atoms with Gasteiger partial charge in [0.25, 0.3) is 5.91 Å². The Morgan fingerprint density at radius 2 is 1.55 bits per heavy atom. The fraction of sp³-hybridized carbons (Fsp3) is 0.409. The largest absolute Gasteiger partial charge is 0.348 e. The molecular weight excluding hydrogens is 386 g/mol. The molecule has 1 saturated heterocycles. The van der Waals surface area contributed by atoms with Crippen LogP contribution in [-0.2, 0) is 23.1 Å². The Bertz CT molecular complexity index is 903. The van der Waals surface area contributed by atoms with Gasteiger partial charge in [-0.15, -0.1) is 0 Å². The minimum Gasteiger partial charge on any atom is -0.348 e. The molecule has 6 nitrogen and oxygen atoms in total. The van der Waals surface area contributed by atoms with Gasteiger partial charge in [0.05, 0.1) is 18.0 Å². The lowest BCUT2D eigenvalue weighted by Gasteiger charge is -2.23. The van der Waals surface area contributed by atoms with Gasteiger partial charge >= 0.3 is 0 Å². The number of likely N-dealkylation sites (tertiary alicyclic amines) is 1. The number of hydrogen-bond donors (Lipinski definition) is 3. The molecule has 1 aliphatic heterocycles. The summed E-state index contributed by atoms with van der Waals surface area (Å²) in [7, 11) is -3.51. The van der Waals surface area contributed by atoms with E-state index in [1.807, 2.05) is 0 Å². The normalized spacial score (nSPS) is 15.2. The molecule has 29 heavy (non-hydrogen) atoms. The zero-order chi connectivity index (χ0) is 20.7. The smallest absolute Gasteiger partial charge is 0.251 e. The molecule has 0 aliphatic carbocycles. The predicted molar refractivity (Wildman–Crippen MR) is 113 cm³/mol. The van der Waals surface area contributed by atoms with E-state index in [4.69, 9.17) is 0 Å².